The van der Waals surface area contributed by atoms with Gasteiger partial charge in [-0.15, -0.1) is 0 Å². The SMILES string of the molecule is C(/C=C/C=N/N(c1ccccc1)c1cccc2ccccc12)=C(c1ccccc1)c1ccccc1. The minimum atomic E-state index is 1.01. The van der Waals surface area contributed by atoms with Crippen molar-refractivity contribution in [3.8, 4) is 0 Å². The van der Waals surface area contributed by atoms with Crippen LogP contribution in [-0.4, -0.2) is 6.21 Å². The van der Waals surface area contributed by atoms with E-state index in [1.54, 1.807) is 0 Å². The number of anilines is 2. The predicted molar refractivity (Wildman–Crippen MR) is 150 cm³/mol. The number of benzene rings is 5. The minimum Gasteiger partial charge on any atom is -0.233 e. The Morgan fingerprint density at radius 3 is 1.80 bits per heavy atom. The molecule has 0 bridgehead atoms. The summed E-state index contributed by atoms with van der Waals surface area (Å²) in [6, 6.07) is 45.9. The number of hydrogen-bond acceptors (Lipinski definition) is 2. The van der Waals surface area contributed by atoms with Crippen LogP contribution in [0.3, 0.4) is 0 Å². The van der Waals surface area contributed by atoms with E-state index in [2.05, 4.69) is 109 Å². The molecule has 5 aromatic carbocycles. The first-order chi connectivity index (χ1) is 17.4. The Hall–Kier alpha value is -4.69. The van der Waals surface area contributed by atoms with Gasteiger partial charge >= 0.3 is 0 Å². The molecule has 168 valence electrons. The second-order valence-corrected chi connectivity index (χ2v) is 8.11. The standard InChI is InChI=1S/C33H26N2/c1-4-15-27(16-5-1)31(28-17-6-2-7-18-28)23-12-13-26-34-35(30-21-8-3-9-22-30)33-25-14-20-29-19-10-11-24-32(29)33/h1-26H/b13-12+,34-26+. The third-order valence-electron chi connectivity index (χ3n) is 5.81. The molecule has 5 aromatic rings. The molecular formula is C33H26N2. The van der Waals surface area contributed by atoms with Crippen LogP contribution < -0.4 is 5.01 Å². The summed E-state index contributed by atoms with van der Waals surface area (Å²) in [6.45, 7) is 0. The van der Waals surface area contributed by atoms with Crippen molar-refractivity contribution in [2.24, 2.45) is 5.10 Å². The molecule has 0 unspecified atom stereocenters. The summed E-state index contributed by atoms with van der Waals surface area (Å²) in [6.07, 6.45) is 8.01. The lowest BCUT2D eigenvalue weighted by molar-refractivity contribution is 1.10. The maximum atomic E-state index is 4.85. The maximum absolute atomic E-state index is 4.85. The smallest absolute Gasteiger partial charge is 0.0730 e. The van der Waals surface area contributed by atoms with Gasteiger partial charge in [-0.25, -0.2) is 5.01 Å². The van der Waals surface area contributed by atoms with Crippen LogP contribution in [0.25, 0.3) is 16.3 Å². The molecule has 0 N–H and O–H groups in total. The molecular weight excluding hydrogens is 424 g/mol. The van der Waals surface area contributed by atoms with E-state index in [9.17, 15) is 0 Å². The van der Waals surface area contributed by atoms with Crippen molar-refractivity contribution in [2.75, 3.05) is 5.01 Å². The molecule has 0 heterocycles. The monoisotopic (exact) mass is 450 g/mol. The normalized spacial score (nSPS) is 11.2. The Balaban J connectivity index is 1.48. The number of nitrogens with zero attached hydrogens (tertiary/aromatic N) is 2. The van der Waals surface area contributed by atoms with Crippen LogP contribution in [0.1, 0.15) is 11.1 Å². The molecule has 2 nitrogen and oxygen atoms in total. The van der Waals surface area contributed by atoms with Crippen LogP contribution in [0, 0.1) is 0 Å². The topological polar surface area (TPSA) is 15.6 Å². The number of hydrazone groups is 1. The molecule has 0 spiro atoms. The lowest BCUT2D eigenvalue weighted by Crippen LogP contribution is -2.09. The zero-order valence-corrected chi connectivity index (χ0v) is 19.4. The number of hydrogen-bond donors (Lipinski definition) is 0. The molecule has 2 heteroatoms. The number of para-hydroxylation sites is 1. The van der Waals surface area contributed by atoms with Gasteiger partial charge < -0.3 is 0 Å². The molecule has 0 amide bonds. The summed E-state index contributed by atoms with van der Waals surface area (Å²) >= 11 is 0. The minimum absolute atomic E-state index is 1.01. The van der Waals surface area contributed by atoms with Crippen LogP contribution in [0.2, 0.25) is 0 Å². The first-order valence-electron chi connectivity index (χ1n) is 11.7. The van der Waals surface area contributed by atoms with Crippen molar-refractivity contribution in [3.05, 3.63) is 163 Å². The zero-order chi connectivity index (χ0) is 23.7. The molecule has 0 saturated heterocycles. The predicted octanol–water partition coefficient (Wildman–Crippen LogP) is 8.65. The Kier molecular flexibility index (Phi) is 6.92. The first-order valence-corrected chi connectivity index (χ1v) is 11.7. The molecule has 5 rings (SSSR count). The lowest BCUT2D eigenvalue weighted by atomic mass is 9.97. The van der Waals surface area contributed by atoms with Gasteiger partial charge in [-0.1, -0.05) is 127 Å². The fourth-order valence-electron chi connectivity index (χ4n) is 4.13. The van der Waals surface area contributed by atoms with Crippen molar-refractivity contribution >= 4 is 33.9 Å². The van der Waals surface area contributed by atoms with Gasteiger partial charge in [-0.2, -0.15) is 5.10 Å². The van der Waals surface area contributed by atoms with Crippen LogP contribution in [0.15, 0.2) is 157 Å². The molecule has 0 aliphatic rings. The number of allylic oxidation sites excluding steroid dienone is 3. The van der Waals surface area contributed by atoms with Crippen LogP contribution in [-0.2, 0) is 0 Å². The first kappa shape index (κ1) is 22.1. The fourth-order valence-corrected chi connectivity index (χ4v) is 4.13. The van der Waals surface area contributed by atoms with Crippen molar-refractivity contribution in [1.29, 1.82) is 0 Å². The van der Waals surface area contributed by atoms with E-state index < -0.39 is 0 Å². The molecule has 0 aromatic heterocycles. The van der Waals surface area contributed by atoms with E-state index in [-0.39, 0.29) is 0 Å². The zero-order valence-electron chi connectivity index (χ0n) is 19.4. The average Bonchev–Trinajstić information content (AvgIpc) is 2.94. The van der Waals surface area contributed by atoms with Gasteiger partial charge in [0.15, 0.2) is 0 Å². The quantitative estimate of drug-likeness (QED) is 0.138. The van der Waals surface area contributed by atoms with Gasteiger partial charge in [0, 0.05) is 11.6 Å². The van der Waals surface area contributed by atoms with E-state index in [0.717, 1.165) is 16.8 Å². The largest absolute Gasteiger partial charge is 0.233 e. The van der Waals surface area contributed by atoms with Crippen molar-refractivity contribution < 1.29 is 0 Å². The summed E-state index contributed by atoms with van der Waals surface area (Å²) in [4.78, 5) is 0. The van der Waals surface area contributed by atoms with E-state index in [1.807, 2.05) is 53.7 Å². The second-order valence-electron chi connectivity index (χ2n) is 8.11. The third-order valence-corrected chi connectivity index (χ3v) is 5.81. The Morgan fingerprint density at radius 2 is 1.11 bits per heavy atom. The fraction of sp³-hybridized carbons (Fsp3) is 0. The summed E-state index contributed by atoms with van der Waals surface area (Å²) in [5, 5.41) is 9.19. The van der Waals surface area contributed by atoms with E-state index in [4.69, 9.17) is 5.10 Å². The second kappa shape index (κ2) is 11.0. The van der Waals surface area contributed by atoms with Gasteiger partial charge in [0.1, 0.15) is 0 Å². The molecule has 0 atom stereocenters. The van der Waals surface area contributed by atoms with Gasteiger partial charge in [0.25, 0.3) is 0 Å². The van der Waals surface area contributed by atoms with Crippen molar-refractivity contribution in [2.45, 2.75) is 0 Å². The highest BCUT2D eigenvalue weighted by Gasteiger charge is 2.10. The average molecular weight is 451 g/mol. The van der Waals surface area contributed by atoms with Crippen molar-refractivity contribution in [1.82, 2.24) is 0 Å². The summed E-state index contributed by atoms with van der Waals surface area (Å²) in [7, 11) is 0. The summed E-state index contributed by atoms with van der Waals surface area (Å²) in [5.41, 5.74) is 5.59. The van der Waals surface area contributed by atoms with E-state index >= 15 is 0 Å². The van der Waals surface area contributed by atoms with Gasteiger partial charge in [0.2, 0.25) is 0 Å². The van der Waals surface area contributed by atoms with Gasteiger partial charge in [0.05, 0.1) is 11.4 Å². The van der Waals surface area contributed by atoms with Crippen molar-refractivity contribution in [3.63, 3.8) is 0 Å². The molecule has 0 aliphatic carbocycles. The van der Waals surface area contributed by atoms with Crippen LogP contribution in [0.5, 0.6) is 0 Å². The summed E-state index contributed by atoms with van der Waals surface area (Å²) < 4.78 is 0. The Labute approximate surface area is 206 Å². The summed E-state index contributed by atoms with van der Waals surface area (Å²) in [5.74, 6) is 0. The van der Waals surface area contributed by atoms with E-state index in [0.29, 0.717) is 0 Å². The van der Waals surface area contributed by atoms with Gasteiger partial charge in [-0.3, -0.25) is 0 Å². The van der Waals surface area contributed by atoms with Crippen LogP contribution in [0.4, 0.5) is 11.4 Å². The number of rotatable bonds is 7. The molecule has 0 radical (unpaired) electrons. The Morgan fingerprint density at radius 1 is 0.543 bits per heavy atom. The van der Waals surface area contributed by atoms with Crippen LogP contribution >= 0.6 is 0 Å². The third kappa shape index (κ3) is 5.29. The molecule has 0 saturated carbocycles. The highest BCUT2D eigenvalue weighted by molar-refractivity contribution is 5.96. The molecule has 35 heavy (non-hydrogen) atoms. The Bertz CT molecular complexity index is 1420. The highest BCUT2D eigenvalue weighted by Crippen LogP contribution is 2.32. The van der Waals surface area contributed by atoms with Gasteiger partial charge in [-0.05, 0) is 46.4 Å². The maximum Gasteiger partial charge on any atom is 0.0730 e. The molecule has 0 aliphatic heterocycles. The number of fused-ring (bicyclic) bond motifs is 1. The molecule has 0 fully saturated rings. The van der Waals surface area contributed by atoms with E-state index in [1.165, 1.54) is 22.1 Å². The lowest BCUT2D eigenvalue weighted by Gasteiger charge is -2.20. The highest BCUT2D eigenvalue weighted by atomic mass is 15.5.